The first kappa shape index (κ1) is 18.8. The third-order valence-electron chi connectivity index (χ3n) is 3.85. The Hall–Kier alpha value is -2.94. The van der Waals surface area contributed by atoms with E-state index in [0.717, 1.165) is 4.73 Å². The molecule has 0 aliphatic carbocycles. The van der Waals surface area contributed by atoms with Crippen LogP contribution in [0, 0.1) is 12.1 Å². The number of carbonyl (C=O) groups excluding carboxylic acids is 2. The van der Waals surface area contributed by atoms with Crippen molar-refractivity contribution in [3.8, 4) is 0 Å². The summed E-state index contributed by atoms with van der Waals surface area (Å²) in [6, 6.07) is 7.27. The van der Waals surface area contributed by atoms with E-state index in [-0.39, 0.29) is 17.9 Å². The van der Waals surface area contributed by atoms with Crippen LogP contribution in [0.5, 0.6) is 0 Å². The second-order valence-electron chi connectivity index (χ2n) is 5.75. The van der Waals surface area contributed by atoms with Crippen molar-refractivity contribution in [1.29, 1.82) is 0 Å². The number of hydrogen-bond acceptors (Lipinski definition) is 6. The first-order valence-corrected chi connectivity index (χ1v) is 9.33. The summed E-state index contributed by atoms with van der Waals surface area (Å²) in [6.07, 6.45) is 1.39. The molecule has 1 atom stereocenters. The number of ether oxygens (including phenoxy) is 1. The van der Waals surface area contributed by atoms with Crippen molar-refractivity contribution < 1.29 is 23.5 Å². The average molecular weight is 389 g/mol. The first-order chi connectivity index (χ1) is 13.0. The highest BCUT2D eigenvalue weighted by Gasteiger charge is 2.35. The third kappa shape index (κ3) is 4.25. The number of nitrogens with zero attached hydrogens (tertiary/aromatic N) is 1. The van der Waals surface area contributed by atoms with Crippen molar-refractivity contribution in [2.24, 2.45) is 0 Å². The number of carbonyl (C=O) groups is 2. The maximum absolute atomic E-state index is 12.6. The molecule has 8 nitrogen and oxygen atoms in total. The molecule has 3 heterocycles. The Kier molecular flexibility index (Phi) is 5.70. The minimum Gasteiger partial charge on any atom is -0.618 e. The highest BCUT2D eigenvalue weighted by Crippen LogP contribution is 2.31. The van der Waals surface area contributed by atoms with Gasteiger partial charge < -0.3 is 25.0 Å². The van der Waals surface area contributed by atoms with Crippen LogP contribution in [0.1, 0.15) is 24.5 Å². The van der Waals surface area contributed by atoms with Crippen molar-refractivity contribution in [3.05, 3.63) is 64.5 Å². The number of hydrogen-bond donors (Lipinski definition) is 2. The van der Waals surface area contributed by atoms with E-state index >= 15 is 0 Å². The number of esters is 1. The fourth-order valence-corrected chi connectivity index (χ4v) is 3.56. The smallest absolute Gasteiger partial charge is 0.338 e. The van der Waals surface area contributed by atoms with Gasteiger partial charge in [-0.05, 0) is 43.8 Å². The molecule has 2 amide bonds. The number of furan rings is 1. The molecule has 2 aromatic heterocycles. The van der Waals surface area contributed by atoms with Crippen LogP contribution < -0.4 is 15.4 Å². The number of thioether (sulfide) groups is 1. The standard InChI is InChI=1S/C18H19N3O5S/c1-3-25-17(22)15-12(10-27-14-6-4-5-9-21(14)24)19-18(23)20-16(15)13-8-7-11(2)26-13/h4-9,16H,3,10H2,1-2H3,(H2,19,20,23). The van der Waals surface area contributed by atoms with Crippen molar-refractivity contribution >= 4 is 23.8 Å². The maximum atomic E-state index is 12.6. The van der Waals surface area contributed by atoms with Gasteiger partial charge in [-0.15, -0.1) is 0 Å². The number of nitrogens with one attached hydrogen (secondary N) is 2. The molecule has 142 valence electrons. The Labute approximate surface area is 160 Å². The highest BCUT2D eigenvalue weighted by atomic mass is 32.2. The van der Waals surface area contributed by atoms with Crippen LogP contribution in [0.15, 0.2) is 57.2 Å². The topological polar surface area (TPSA) is 108 Å². The van der Waals surface area contributed by atoms with Gasteiger partial charge in [-0.2, -0.15) is 4.73 Å². The Bertz CT molecular complexity index is 893. The second-order valence-corrected chi connectivity index (χ2v) is 6.74. The normalized spacial score (nSPS) is 16.7. The van der Waals surface area contributed by atoms with Gasteiger partial charge in [-0.1, -0.05) is 0 Å². The largest absolute Gasteiger partial charge is 0.618 e. The lowest BCUT2D eigenvalue weighted by Gasteiger charge is -2.27. The van der Waals surface area contributed by atoms with Gasteiger partial charge in [0.1, 0.15) is 17.6 Å². The van der Waals surface area contributed by atoms with Crippen molar-refractivity contribution in [2.45, 2.75) is 24.9 Å². The minimum absolute atomic E-state index is 0.194. The van der Waals surface area contributed by atoms with E-state index < -0.39 is 18.0 Å². The van der Waals surface area contributed by atoms with E-state index in [4.69, 9.17) is 9.15 Å². The van der Waals surface area contributed by atoms with Gasteiger partial charge in [0.05, 0.1) is 12.2 Å². The fraction of sp³-hybridized carbons (Fsp3) is 0.278. The molecule has 2 N–H and O–H groups in total. The van der Waals surface area contributed by atoms with E-state index in [0.29, 0.717) is 22.2 Å². The SMILES string of the molecule is CCOC(=O)C1=C(CSc2cccc[n+]2[O-])NC(=O)NC1c1ccc(C)o1. The zero-order valence-electron chi connectivity index (χ0n) is 14.9. The second kappa shape index (κ2) is 8.17. The van der Waals surface area contributed by atoms with Crippen molar-refractivity contribution in [2.75, 3.05) is 12.4 Å². The molecular formula is C18H19N3O5S. The van der Waals surface area contributed by atoms with E-state index in [9.17, 15) is 14.8 Å². The molecule has 0 saturated heterocycles. The van der Waals surface area contributed by atoms with Gasteiger partial charge in [-0.3, -0.25) is 0 Å². The Morgan fingerprint density at radius 3 is 2.85 bits per heavy atom. The average Bonchev–Trinajstić information content (AvgIpc) is 3.07. The molecule has 0 fully saturated rings. The zero-order valence-corrected chi connectivity index (χ0v) is 15.7. The van der Waals surface area contributed by atoms with Gasteiger partial charge in [0.2, 0.25) is 0 Å². The van der Waals surface area contributed by atoms with Crippen LogP contribution in [0.25, 0.3) is 0 Å². The lowest BCUT2D eigenvalue weighted by molar-refractivity contribution is -0.645. The fourth-order valence-electron chi connectivity index (χ4n) is 2.67. The molecule has 27 heavy (non-hydrogen) atoms. The van der Waals surface area contributed by atoms with Crippen molar-refractivity contribution in [1.82, 2.24) is 10.6 Å². The van der Waals surface area contributed by atoms with Crippen LogP contribution >= 0.6 is 11.8 Å². The summed E-state index contributed by atoms with van der Waals surface area (Å²) in [6.45, 7) is 3.68. The summed E-state index contributed by atoms with van der Waals surface area (Å²) >= 11 is 1.21. The van der Waals surface area contributed by atoms with E-state index in [2.05, 4.69) is 10.6 Å². The molecular weight excluding hydrogens is 370 g/mol. The molecule has 0 aromatic carbocycles. The summed E-state index contributed by atoms with van der Waals surface area (Å²) < 4.78 is 11.5. The van der Waals surface area contributed by atoms with Gasteiger partial charge >= 0.3 is 12.0 Å². The Morgan fingerprint density at radius 2 is 2.19 bits per heavy atom. The van der Waals surface area contributed by atoms with Gasteiger partial charge in [0.15, 0.2) is 6.20 Å². The molecule has 1 unspecified atom stereocenters. The summed E-state index contributed by atoms with van der Waals surface area (Å²) in [5, 5.41) is 17.6. The van der Waals surface area contributed by atoms with Gasteiger partial charge in [-0.25, -0.2) is 9.59 Å². The number of pyridine rings is 1. The van der Waals surface area contributed by atoms with E-state index in [1.54, 1.807) is 44.2 Å². The predicted octanol–water partition coefficient (Wildman–Crippen LogP) is 2.18. The van der Waals surface area contributed by atoms with Crippen LogP contribution in [0.4, 0.5) is 4.79 Å². The van der Waals surface area contributed by atoms with Gasteiger partial charge in [0.25, 0.3) is 5.03 Å². The molecule has 1 aliphatic heterocycles. The molecule has 3 rings (SSSR count). The highest BCUT2D eigenvalue weighted by molar-refractivity contribution is 7.99. The predicted molar refractivity (Wildman–Crippen MR) is 97.6 cm³/mol. The Balaban J connectivity index is 1.96. The zero-order chi connectivity index (χ0) is 19.4. The molecule has 0 bridgehead atoms. The van der Waals surface area contributed by atoms with Crippen LogP contribution in [0.2, 0.25) is 0 Å². The monoisotopic (exact) mass is 389 g/mol. The van der Waals surface area contributed by atoms with Crippen LogP contribution in [-0.4, -0.2) is 24.4 Å². The van der Waals surface area contributed by atoms with Crippen molar-refractivity contribution in [3.63, 3.8) is 0 Å². The molecule has 0 saturated carbocycles. The lowest BCUT2D eigenvalue weighted by atomic mass is 10.0. The number of aryl methyl sites for hydroxylation is 1. The number of rotatable bonds is 6. The molecule has 1 aliphatic rings. The van der Waals surface area contributed by atoms with Crippen LogP contribution in [-0.2, 0) is 9.53 Å². The quantitative estimate of drug-likeness (QED) is 0.339. The first-order valence-electron chi connectivity index (χ1n) is 8.34. The molecule has 2 aromatic rings. The summed E-state index contributed by atoms with van der Waals surface area (Å²) in [4.78, 5) is 24.7. The third-order valence-corrected chi connectivity index (χ3v) is 4.89. The van der Waals surface area contributed by atoms with Gasteiger partial charge in [0, 0.05) is 23.6 Å². The molecule has 9 heteroatoms. The molecule has 0 radical (unpaired) electrons. The lowest BCUT2D eigenvalue weighted by Crippen LogP contribution is -2.46. The summed E-state index contributed by atoms with van der Waals surface area (Å²) in [7, 11) is 0. The minimum atomic E-state index is -0.766. The number of urea groups is 1. The van der Waals surface area contributed by atoms with Crippen LogP contribution in [0.3, 0.4) is 0 Å². The van der Waals surface area contributed by atoms with E-state index in [1.807, 2.05) is 0 Å². The number of amides is 2. The molecule has 0 spiro atoms. The summed E-state index contributed by atoms with van der Waals surface area (Å²) in [5.74, 6) is 0.757. The Morgan fingerprint density at radius 1 is 1.37 bits per heavy atom. The summed E-state index contributed by atoms with van der Waals surface area (Å²) in [5.41, 5.74) is 0.636. The number of aromatic nitrogens is 1. The van der Waals surface area contributed by atoms with E-state index in [1.165, 1.54) is 18.0 Å². The maximum Gasteiger partial charge on any atom is 0.338 e.